The second-order valence-electron chi connectivity index (χ2n) is 5.27. The van der Waals surface area contributed by atoms with Crippen molar-refractivity contribution in [3.63, 3.8) is 0 Å². The topological polar surface area (TPSA) is 45.2 Å². The van der Waals surface area contributed by atoms with Gasteiger partial charge in [0.25, 0.3) is 5.91 Å². The third kappa shape index (κ3) is 3.47. The summed E-state index contributed by atoms with van der Waals surface area (Å²) < 4.78 is 0. The van der Waals surface area contributed by atoms with E-state index in [4.69, 9.17) is 0 Å². The number of hydrogen-bond acceptors (Lipinski definition) is 3. The summed E-state index contributed by atoms with van der Waals surface area (Å²) in [7, 11) is 5.75. The van der Waals surface area contributed by atoms with Crippen molar-refractivity contribution in [3.8, 4) is 11.3 Å². The van der Waals surface area contributed by atoms with Crippen molar-refractivity contribution >= 4 is 5.91 Å². The number of benzene rings is 1. The van der Waals surface area contributed by atoms with Gasteiger partial charge in [-0.25, -0.2) is 0 Å². The summed E-state index contributed by atoms with van der Waals surface area (Å²) >= 11 is 0. The van der Waals surface area contributed by atoms with Gasteiger partial charge in [-0.15, -0.1) is 0 Å². The number of nitrogens with one attached hydrogen (secondary N) is 1. The predicted octanol–water partition coefficient (Wildman–Crippen LogP) is 2.73. The lowest BCUT2D eigenvalue weighted by Crippen LogP contribution is -2.17. The van der Waals surface area contributed by atoms with E-state index in [2.05, 4.69) is 48.4 Å². The number of nitrogens with zero attached hydrogens (tertiary/aromatic N) is 2. The smallest absolute Gasteiger partial charge is 0.251 e. The van der Waals surface area contributed by atoms with E-state index in [1.54, 1.807) is 19.3 Å². The third-order valence-corrected chi connectivity index (χ3v) is 3.71. The molecule has 1 atom stereocenters. The number of rotatable bonds is 4. The molecule has 1 amide bonds. The van der Waals surface area contributed by atoms with Gasteiger partial charge in [0.15, 0.2) is 0 Å². The van der Waals surface area contributed by atoms with Crippen LogP contribution in [0.15, 0.2) is 42.6 Å². The molecule has 0 saturated carbocycles. The highest BCUT2D eigenvalue weighted by Crippen LogP contribution is 2.22. The van der Waals surface area contributed by atoms with Gasteiger partial charge in [0.05, 0.1) is 5.69 Å². The van der Waals surface area contributed by atoms with Gasteiger partial charge in [-0.2, -0.15) is 0 Å². The van der Waals surface area contributed by atoms with Crippen LogP contribution < -0.4 is 5.32 Å². The second kappa shape index (κ2) is 6.50. The molecule has 1 heterocycles. The Morgan fingerprint density at radius 1 is 1.19 bits per heavy atom. The fourth-order valence-electron chi connectivity index (χ4n) is 2.10. The van der Waals surface area contributed by atoms with Crippen molar-refractivity contribution in [2.75, 3.05) is 21.1 Å². The van der Waals surface area contributed by atoms with Crippen LogP contribution in [0.4, 0.5) is 0 Å². The molecule has 0 saturated heterocycles. The largest absolute Gasteiger partial charge is 0.355 e. The van der Waals surface area contributed by atoms with Gasteiger partial charge in [-0.05, 0) is 38.7 Å². The van der Waals surface area contributed by atoms with E-state index < -0.39 is 0 Å². The van der Waals surface area contributed by atoms with Crippen molar-refractivity contribution in [2.45, 2.75) is 13.0 Å². The van der Waals surface area contributed by atoms with E-state index in [0.29, 0.717) is 11.6 Å². The zero-order valence-electron chi connectivity index (χ0n) is 12.9. The number of carbonyl (C=O) groups is 1. The average Bonchev–Trinajstić information content (AvgIpc) is 2.53. The molecule has 0 aliphatic rings. The summed E-state index contributed by atoms with van der Waals surface area (Å²) in [4.78, 5) is 18.2. The molecule has 0 bridgehead atoms. The minimum atomic E-state index is -0.100. The summed E-state index contributed by atoms with van der Waals surface area (Å²) in [6.45, 7) is 2.17. The van der Waals surface area contributed by atoms with Gasteiger partial charge in [0.2, 0.25) is 0 Å². The van der Waals surface area contributed by atoms with E-state index in [1.807, 2.05) is 18.2 Å². The molecule has 1 aromatic carbocycles. The fourth-order valence-corrected chi connectivity index (χ4v) is 2.10. The molecular formula is C17H21N3O. The van der Waals surface area contributed by atoms with Gasteiger partial charge in [0.1, 0.15) is 0 Å². The highest BCUT2D eigenvalue weighted by atomic mass is 16.1. The normalized spacial score (nSPS) is 12.2. The van der Waals surface area contributed by atoms with E-state index >= 15 is 0 Å². The Balaban J connectivity index is 2.29. The Morgan fingerprint density at radius 3 is 2.43 bits per heavy atom. The average molecular weight is 283 g/mol. The van der Waals surface area contributed by atoms with E-state index in [-0.39, 0.29) is 5.91 Å². The summed E-state index contributed by atoms with van der Waals surface area (Å²) in [5.74, 6) is -0.100. The molecule has 110 valence electrons. The number of pyridine rings is 1. The minimum absolute atomic E-state index is 0.100. The Hall–Kier alpha value is -2.20. The number of carbonyl (C=O) groups excluding carboxylic acids is 1. The molecule has 2 aromatic rings. The standard InChI is InChI=1S/C17H21N3O/c1-12(20(3)4)13-5-7-14(8-6-13)16-11-15(9-10-19-16)17(21)18-2/h5-12H,1-4H3,(H,18,21)/t12-/m0/s1. The molecule has 4 heteroatoms. The van der Waals surface area contributed by atoms with Crippen LogP contribution in [-0.2, 0) is 0 Å². The van der Waals surface area contributed by atoms with Crippen LogP contribution in [0.25, 0.3) is 11.3 Å². The maximum absolute atomic E-state index is 11.7. The molecule has 1 aromatic heterocycles. The second-order valence-corrected chi connectivity index (χ2v) is 5.27. The maximum Gasteiger partial charge on any atom is 0.251 e. The molecule has 2 rings (SSSR count). The van der Waals surface area contributed by atoms with Gasteiger partial charge in [0, 0.05) is 30.4 Å². The first-order valence-corrected chi connectivity index (χ1v) is 6.98. The quantitative estimate of drug-likeness (QED) is 0.938. The lowest BCUT2D eigenvalue weighted by atomic mass is 10.0. The fraction of sp³-hybridized carbons (Fsp3) is 0.294. The lowest BCUT2D eigenvalue weighted by Gasteiger charge is -2.20. The van der Waals surface area contributed by atoms with Crippen LogP contribution in [0.1, 0.15) is 28.9 Å². The van der Waals surface area contributed by atoms with Crippen molar-refractivity contribution in [2.24, 2.45) is 0 Å². The van der Waals surface area contributed by atoms with E-state index in [0.717, 1.165) is 11.3 Å². The highest BCUT2D eigenvalue weighted by Gasteiger charge is 2.09. The number of aromatic nitrogens is 1. The van der Waals surface area contributed by atoms with Gasteiger partial charge < -0.3 is 10.2 Å². The Labute approximate surface area is 125 Å². The minimum Gasteiger partial charge on any atom is -0.355 e. The van der Waals surface area contributed by atoms with Crippen LogP contribution in [0.3, 0.4) is 0 Å². The number of amides is 1. The van der Waals surface area contributed by atoms with Crippen LogP contribution in [0, 0.1) is 0 Å². The van der Waals surface area contributed by atoms with E-state index in [9.17, 15) is 4.79 Å². The van der Waals surface area contributed by atoms with Crippen LogP contribution in [-0.4, -0.2) is 36.9 Å². The van der Waals surface area contributed by atoms with Crippen molar-refractivity contribution < 1.29 is 4.79 Å². The van der Waals surface area contributed by atoms with Crippen molar-refractivity contribution in [1.82, 2.24) is 15.2 Å². The lowest BCUT2D eigenvalue weighted by molar-refractivity contribution is 0.0963. The van der Waals surface area contributed by atoms with Gasteiger partial charge in [-0.1, -0.05) is 24.3 Å². The Bertz CT molecular complexity index is 620. The third-order valence-electron chi connectivity index (χ3n) is 3.71. The van der Waals surface area contributed by atoms with Crippen LogP contribution in [0.2, 0.25) is 0 Å². The summed E-state index contributed by atoms with van der Waals surface area (Å²) in [5, 5.41) is 2.62. The van der Waals surface area contributed by atoms with Crippen molar-refractivity contribution in [1.29, 1.82) is 0 Å². The van der Waals surface area contributed by atoms with Gasteiger partial charge >= 0.3 is 0 Å². The molecule has 0 unspecified atom stereocenters. The monoisotopic (exact) mass is 283 g/mol. The first-order valence-electron chi connectivity index (χ1n) is 6.98. The van der Waals surface area contributed by atoms with E-state index in [1.165, 1.54) is 5.56 Å². The molecule has 0 spiro atoms. The number of hydrogen-bond donors (Lipinski definition) is 1. The molecular weight excluding hydrogens is 262 g/mol. The molecule has 0 aliphatic heterocycles. The summed E-state index contributed by atoms with van der Waals surface area (Å²) in [5.41, 5.74) is 3.69. The van der Waals surface area contributed by atoms with Crippen LogP contribution in [0.5, 0.6) is 0 Å². The zero-order valence-corrected chi connectivity index (χ0v) is 12.9. The van der Waals surface area contributed by atoms with Crippen molar-refractivity contribution in [3.05, 3.63) is 53.7 Å². The highest BCUT2D eigenvalue weighted by molar-refractivity contribution is 5.94. The van der Waals surface area contributed by atoms with Crippen LogP contribution >= 0.6 is 0 Å². The maximum atomic E-state index is 11.7. The van der Waals surface area contributed by atoms with Gasteiger partial charge in [-0.3, -0.25) is 9.78 Å². The molecule has 0 aliphatic carbocycles. The summed E-state index contributed by atoms with van der Waals surface area (Å²) in [6, 6.07) is 12.2. The Morgan fingerprint density at radius 2 is 1.86 bits per heavy atom. The molecule has 0 radical (unpaired) electrons. The molecule has 1 N–H and O–H groups in total. The first-order chi connectivity index (χ1) is 10.0. The Kier molecular flexibility index (Phi) is 4.70. The predicted molar refractivity (Wildman–Crippen MR) is 85.2 cm³/mol. The summed E-state index contributed by atoms with van der Waals surface area (Å²) in [6.07, 6.45) is 1.66. The zero-order chi connectivity index (χ0) is 15.4. The molecule has 4 nitrogen and oxygen atoms in total. The first kappa shape index (κ1) is 15.2. The SMILES string of the molecule is CNC(=O)c1ccnc(-c2ccc([C@H](C)N(C)C)cc2)c1. The molecule has 21 heavy (non-hydrogen) atoms. The molecule has 0 fully saturated rings.